The van der Waals surface area contributed by atoms with Gasteiger partial charge in [0.25, 0.3) is 46.0 Å². The molecule has 0 atom stereocenters. The van der Waals surface area contributed by atoms with E-state index in [1.807, 2.05) is 55.4 Å². The molecule has 12 rings (SSSR count). The SMILES string of the molecule is COC(=O)c1ccc(NS(=O)(=O)c2ccc(Cl)cc2)c(CS(=O)(=O)c2ccc(C)cc2)c1.COC(=O)c1ccc(NS(=O)(=O)c2ccc(Cl)s2)c(CS(=O)(=O)c2ccc(C)s2)c1.Cc1ccc(S(=O)(=O)Cc2cc(C(=O)NC(C)(C)C)ccc2NS(=O)(=O)c2ccc(C)cc2)cc1.Cc1ccc(S(=O)(=O)Cc2cc(C(N)=O)ccc2NS(=O)(=O)c2ccc(C)cc2)cc1. The van der Waals surface area contributed by atoms with Gasteiger partial charge >= 0.3 is 11.9 Å². The number of nitrogens with one attached hydrogen (secondary N) is 5. The molecule has 40 heteroatoms. The van der Waals surface area contributed by atoms with Crippen molar-refractivity contribution in [2.75, 3.05) is 33.1 Å². The Labute approximate surface area is 763 Å². The van der Waals surface area contributed by atoms with Gasteiger partial charge in [-0.3, -0.25) is 28.5 Å². The lowest BCUT2D eigenvalue weighted by Crippen LogP contribution is -2.40. The summed E-state index contributed by atoms with van der Waals surface area (Å²) >= 11 is 13.6. The van der Waals surface area contributed by atoms with Crippen molar-refractivity contribution in [2.45, 2.75) is 129 Å². The second-order valence-electron chi connectivity index (χ2n) is 29.9. The van der Waals surface area contributed by atoms with Gasteiger partial charge in [-0.05, 0) is 267 Å². The molecule has 128 heavy (non-hydrogen) atoms. The number of carbonyl (C=O) groups is 4. The van der Waals surface area contributed by atoms with Gasteiger partial charge in [0.15, 0.2) is 39.3 Å². The van der Waals surface area contributed by atoms with Crippen molar-refractivity contribution in [1.29, 1.82) is 0 Å². The molecule has 2 aromatic heterocycles. The van der Waals surface area contributed by atoms with Crippen LogP contribution in [0.2, 0.25) is 9.36 Å². The third-order valence-electron chi connectivity index (χ3n) is 18.4. The topological polar surface area (TPSA) is 446 Å². The van der Waals surface area contributed by atoms with E-state index in [9.17, 15) is 86.5 Å². The van der Waals surface area contributed by atoms with Crippen LogP contribution in [-0.4, -0.2) is 111 Å². The van der Waals surface area contributed by atoms with Gasteiger partial charge in [-0.15, -0.1) is 22.7 Å². The Kier molecular flexibility index (Phi) is 32.6. The average Bonchev–Trinajstić information content (AvgIpc) is 1.28. The van der Waals surface area contributed by atoms with E-state index in [0.717, 1.165) is 55.4 Å². The van der Waals surface area contributed by atoms with E-state index in [2.05, 4.69) is 28.9 Å². The summed E-state index contributed by atoms with van der Waals surface area (Å²) in [6, 6.07) is 59.3. The van der Waals surface area contributed by atoms with E-state index in [1.165, 1.54) is 190 Å². The summed E-state index contributed by atoms with van der Waals surface area (Å²) in [5, 5.41) is 3.21. The zero-order valence-corrected chi connectivity index (χ0v) is 80.0. The Morgan fingerprint density at radius 1 is 0.328 bits per heavy atom. The molecule has 2 heterocycles. The van der Waals surface area contributed by atoms with Crippen LogP contribution in [0.1, 0.15) is 117 Å². The molecule has 0 aliphatic rings. The monoisotopic (exact) mass is 1970 g/mol. The lowest BCUT2D eigenvalue weighted by Gasteiger charge is -2.21. The zero-order valence-electron chi connectivity index (χ0n) is 70.3. The Bertz CT molecular complexity index is 7140. The molecule has 0 bridgehead atoms. The van der Waals surface area contributed by atoms with Crippen molar-refractivity contribution >= 4 is 172 Å². The van der Waals surface area contributed by atoms with E-state index in [1.54, 1.807) is 73.7 Å². The molecule has 0 aliphatic heterocycles. The highest BCUT2D eigenvalue weighted by atomic mass is 35.5. The largest absolute Gasteiger partial charge is 0.465 e. The Hall–Kier alpha value is -11.1. The number of primary amides is 1. The zero-order chi connectivity index (χ0) is 94.5. The van der Waals surface area contributed by atoms with Gasteiger partial charge in [0, 0.05) is 26.6 Å². The average molecular weight is 1970 g/mol. The molecular weight excluding hydrogens is 1880 g/mol. The minimum Gasteiger partial charge on any atom is -0.465 e. The number of ether oxygens (including phenoxy) is 2. The number of esters is 2. The van der Waals surface area contributed by atoms with Gasteiger partial charge in [-0.1, -0.05) is 112 Å². The highest BCUT2D eigenvalue weighted by Crippen LogP contribution is 2.35. The number of anilines is 4. The van der Waals surface area contributed by atoms with Gasteiger partial charge in [0.2, 0.25) is 5.91 Å². The highest BCUT2D eigenvalue weighted by molar-refractivity contribution is 7.95. The Morgan fingerprint density at radius 3 is 0.906 bits per heavy atom. The van der Waals surface area contributed by atoms with Crippen molar-refractivity contribution < 1.29 is 96.0 Å². The van der Waals surface area contributed by atoms with Gasteiger partial charge in [0.05, 0.1) is 105 Å². The van der Waals surface area contributed by atoms with Crippen LogP contribution >= 0.6 is 45.9 Å². The fraction of sp³-hybridized carbons (Fsp3) is 0.182. The number of methoxy groups -OCH3 is 2. The first-order chi connectivity index (χ1) is 59.7. The van der Waals surface area contributed by atoms with Crippen molar-refractivity contribution in [2.24, 2.45) is 5.73 Å². The summed E-state index contributed by atoms with van der Waals surface area (Å²) in [7, 11) is -28.8. The highest BCUT2D eigenvalue weighted by Gasteiger charge is 2.30. The molecular formula is C88H88Cl2N6O22S10. The second-order valence-corrected chi connectivity index (χ2v) is 48.5. The maximum Gasteiger partial charge on any atom is 0.337 e. The van der Waals surface area contributed by atoms with Crippen LogP contribution in [0.3, 0.4) is 0 Å². The Balaban J connectivity index is 0.000000193. The van der Waals surface area contributed by atoms with Crippen molar-refractivity contribution in [3.63, 3.8) is 0 Å². The molecule has 0 fully saturated rings. The van der Waals surface area contributed by atoms with Crippen molar-refractivity contribution in [3.05, 3.63) is 329 Å². The number of rotatable bonds is 28. The molecule has 2 amide bonds. The molecule has 0 spiro atoms. The number of sulfone groups is 4. The minimum absolute atomic E-state index is 0.0211. The number of nitrogens with two attached hydrogens (primary N) is 1. The second kappa shape index (κ2) is 41.5. The summed E-state index contributed by atoms with van der Waals surface area (Å²) in [4.78, 5) is 49.4. The molecule has 0 saturated heterocycles. The first-order valence-corrected chi connectivity index (χ1v) is 52.8. The van der Waals surface area contributed by atoms with Crippen LogP contribution in [0.5, 0.6) is 0 Å². The smallest absolute Gasteiger partial charge is 0.337 e. The van der Waals surface area contributed by atoms with Crippen molar-refractivity contribution in [1.82, 2.24) is 5.32 Å². The van der Waals surface area contributed by atoms with E-state index in [0.29, 0.717) is 9.36 Å². The van der Waals surface area contributed by atoms with Crippen LogP contribution in [0.4, 0.5) is 22.7 Å². The number of hydrogen-bond acceptors (Lipinski definition) is 24. The molecule has 10 aromatic carbocycles. The van der Waals surface area contributed by atoms with Gasteiger partial charge in [0.1, 0.15) is 8.42 Å². The summed E-state index contributed by atoms with van der Waals surface area (Å²) in [6.45, 7) is 16.5. The van der Waals surface area contributed by atoms with Crippen LogP contribution in [-0.2, 0) is 112 Å². The van der Waals surface area contributed by atoms with E-state index >= 15 is 0 Å². The van der Waals surface area contributed by atoms with Crippen LogP contribution in [0.25, 0.3) is 0 Å². The quantitative estimate of drug-likeness (QED) is 0.0248. The maximum absolute atomic E-state index is 13.2. The molecule has 0 saturated carbocycles. The van der Waals surface area contributed by atoms with Gasteiger partial charge < -0.3 is 20.5 Å². The van der Waals surface area contributed by atoms with Crippen LogP contribution in [0, 0.1) is 41.5 Å². The normalized spacial score (nSPS) is 11.9. The number of thiophene rings is 2. The van der Waals surface area contributed by atoms with E-state index < -0.39 is 126 Å². The fourth-order valence-corrected chi connectivity index (χ4v) is 24.5. The number of benzene rings is 10. The number of sulfonamides is 4. The third kappa shape index (κ3) is 27.7. The minimum atomic E-state index is -4.04. The summed E-state index contributed by atoms with van der Waals surface area (Å²) in [6.07, 6.45) is 0. The number of hydrogen-bond donors (Lipinski definition) is 6. The molecule has 676 valence electrons. The lowest BCUT2D eigenvalue weighted by molar-refractivity contribution is 0.0592. The molecule has 0 radical (unpaired) electrons. The first-order valence-electron chi connectivity index (χ1n) is 37.9. The van der Waals surface area contributed by atoms with Crippen LogP contribution < -0.4 is 29.9 Å². The molecule has 7 N–H and O–H groups in total. The predicted molar refractivity (Wildman–Crippen MR) is 497 cm³/mol. The first kappa shape index (κ1) is 101. The summed E-state index contributed by atoms with van der Waals surface area (Å²) < 4.78 is 226. The third-order valence-corrected chi connectivity index (χ3v) is 34.2. The number of halogens is 2. The fourth-order valence-electron chi connectivity index (χ4n) is 11.7. The lowest BCUT2D eigenvalue weighted by atomic mass is 10.1. The van der Waals surface area contributed by atoms with E-state index in [4.69, 9.17) is 33.7 Å². The molecule has 12 aromatic rings. The number of amides is 2. The summed E-state index contributed by atoms with van der Waals surface area (Å²) in [5.41, 5.74) is 10.6. The molecule has 0 unspecified atom stereocenters. The Morgan fingerprint density at radius 2 is 0.609 bits per heavy atom. The van der Waals surface area contributed by atoms with Crippen LogP contribution in [0.15, 0.2) is 280 Å². The molecule has 28 nitrogen and oxygen atoms in total. The van der Waals surface area contributed by atoms with Gasteiger partial charge in [-0.2, -0.15) is 0 Å². The number of carbonyl (C=O) groups excluding carboxylic acids is 4. The maximum atomic E-state index is 13.2. The number of aryl methyl sites for hydroxylation is 6. The molecule has 0 aliphatic carbocycles. The van der Waals surface area contributed by atoms with E-state index in [-0.39, 0.29) is 111 Å². The van der Waals surface area contributed by atoms with Gasteiger partial charge in [-0.25, -0.2) is 76.9 Å². The predicted octanol–water partition coefficient (Wildman–Crippen LogP) is 16.3. The standard InChI is InChI=1S/C26H30N2O5S2.C22H20ClNO6S2.C22H22N2O5S2.C18H16ClNO6S4/c1-18-6-11-22(12-7-18)34(30,31)17-21-16-20(25(29)27-26(3,4)5)10-15-24(21)28-35(32,33)23-13-8-19(2)9-14-23;1-15-3-8-19(9-4-15)31(26,27)14-17-13-16(22(25)30-2)5-12-21(17)24-32(28,29)20-10-6-18(23)7-11-20;1-15-3-8-19(9-4-15)30(26,27)14-18-13-17(22(23)25)7-12-21(18)24-31(28,29)20-10-5-16(2)6-11-20;1-11-3-7-16(27-11)29(22,23)10-13-9-12(18(21)26-2)4-5-14(13)20-30(24,25)17-8-6-15(19)28-17/h6-16,28H,17H2,1-5H3,(H,27,29);3-13,24H,14H2,1-2H3;3-13,24H,14H2,1-2H3,(H2,23,25);3-9,20H,10H2,1-2H3. The summed E-state index contributed by atoms with van der Waals surface area (Å²) in [5.74, 6) is -4.51. The van der Waals surface area contributed by atoms with Crippen molar-refractivity contribution in [3.8, 4) is 0 Å².